The first-order chi connectivity index (χ1) is 17.8. The number of Topliss-reactive ketones (excluding diaryl/α,β-unsaturated/α-hetero) is 1. The van der Waals surface area contributed by atoms with Gasteiger partial charge in [-0.3, -0.25) is 14.4 Å². The van der Waals surface area contributed by atoms with E-state index in [1.54, 1.807) is 12.3 Å². The summed E-state index contributed by atoms with van der Waals surface area (Å²) in [6.45, 7) is 6.13. The number of benzene rings is 1. The van der Waals surface area contributed by atoms with Crippen molar-refractivity contribution in [3.8, 4) is 11.3 Å². The molecule has 2 amide bonds. The maximum absolute atomic E-state index is 13.7. The molecule has 2 saturated heterocycles. The van der Waals surface area contributed by atoms with Crippen LogP contribution in [0.2, 0.25) is 0 Å². The Kier molecular flexibility index (Phi) is 5.41. The van der Waals surface area contributed by atoms with Crippen molar-refractivity contribution in [2.45, 2.75) is 26.7 Å². The average molecular weight is 500 g/mol. The maximum atomic E-state index is 13.7. The number of ketones is 1. The number of nitrogens with one attached hydrogen (secondary N) is 3. The minimum atomic E-state index is -0.817. The number of anilines is 3. The number of fused-ring (bicyclic) bond motifs is 1. The Labute approximate surface area is 214 Å². The summed E-state index contributed by atoms with van der Waals surface area (Å²) in [5, 5.41) is 6.14. The third-order valence-electron chi connectivity index (χ3n) is 7.54. The largest absolute Gasteiger partial charge is 0.380 e. The van der Waals surface area contributed by atoms with Crippen LogP contribution in [0.15, 0.2) is 48.7 Å². The summed E-state index contributed by atoms with van der Waals surface area (Å²) in [5.74, 6) is 0.149. The lowest BCUT2D eigenvalue weighted by atomic mass is 9.70. The van der Waals surface area contributed by atoms with E-state index in [-0.39, 0.29) is 29.4 Å². The van der Waals surface area contributed by atoms with Crippen molar-refractivity contribution >= 4 is 34.8 Å². The van der Waals surface area contributed by atoms with Gasteiger partial charge in [0.05, 0.1) is 41.0 Å². The van der Waals surface area contributed by atoms with Crippen molar-refractivity contribution in [1.82, 2.24) is 14.9 Å². The van der Waals surface area contributed by atoms with Crippen LogP contribution in [0, 0.1) is 10.8 Å². The zero-order valence-corrected chi connectivity index (χ0v) is 20.9. The van der Waals surface area contributed by atoms with Crippen LogP contribution in [0.3, 0.4) is 0 Å². The Morgan fingerprint density at radius 2 is 1.86 bits per heavy atom. The minimum Gasteiger partial charge on any atom is -0.380 e. The molecule has 37 heavy (non-hydrogen) atoms. The number of nitrogens with zero attached hydrogens (tertiary/aromatic N) is 2. The van der Waals surface area contributed by atoms with Crippen LogP contribution in [0.1, 0.15) is 36.3 Å². The molecular formula is C28H29N5O4. The maximum Gasteiger partial charge on any atom is 0.229 e. The van der Waals surface area contributed by atoms with E-state index in [0.717, 1.165) is 16.9 Å². The summed E-state index contributed by atoms with van der Waals surface area (Å²) < 4.78 is 5.35. The van der Waals surface area contributed by atoms with Gasteiger partial charge in [0, 0.05) is 56.0 Å². The number of carbonyl (C=O) groups is 3. The van der Waals surface area contributed by atoms with E-state index >= 15 is 0 Å². The topological polar surface area (TPSA) is 116 Å². The molecule has 4 heterocycles. The second-order valence-electron chi connectivity index (χ2n) is 10.8. The van der Waals surface area contributed by atoms with Gasteiger partial charge < -0.3 is 25.3 Å². The number of pyridine rings is 1. The van der Waals surface area contributed by atoms with Gasteiger partial charge in [-0.15, -0.1) is 0 Å². The highest BCUT2D eigenvalue weighted by Crippen LogP contribution is 2.46. The van der Waals surface area contributed by atoms with Gasteiger partial charge in [-0.25, -0.2) is 4.98 Å². The first kappa shape index (κ1) is 23.4. The predicted molar refractivity (Wildman–Crippen MR) is 139 cm³/mol. The average Bonchev–Trinajstić information content (AvgIpc) is 3.15. The van der Waals surface area contributed by atoms with Gasteiger partial charge in [0.2, 0.25) is 11.8 Å². The van der Waals surface area contributed by atoms with E-state index in [9.17, 15) is 14.4 Å². The Morgan fingerprint density at radius 1 is 1.11 bits per heavy atom. The highest BCUT2D eigenvalue weighted by Gasteiger charge is 2.54. The van der Waals surface area contributed by atoms with E-state index in [0.29, 0.717) is 55.5 Å². The molecule has 0 bridgehead atoms. The molecule has 3 N–H and O–H groups in total. The third-order valence-corrected chi connectivity index (χ3v) is 7.54. The van der Waals surface area contributed by atoms with Crippen LogP contribution in [-0.2, 0) is 20.7 Å². The Bertz CT molecular complexity index is 1400. The summed E-state index contributed by atoms with van der Waals surface area (Å²) in [6.07, 6.45) is 2.19. The highest BCUT2D eigenvalue weighted by molar-refractivity contribution is 6.10. The Balaban J connectivity index is 1.37. The van der Waals surface area contributed by atoms with E-state index < -0.39 is 5.41 Å². The number of H-pyrrole nitrogens is 1. The lowest BCUT2D eigenvalue weighted by Gasteiger charge is -2.56. The molecule has 1 spiro atoms. The first-order valence-electron chi connectivity index (χ1n) is 12.5. The summed E-state index contributed by atoms with van der Waals surface area (Å²) in [4.78, 5) is 48.4. The van der Waals surface area contributed by atoms with Crippen molar-refractivity contribution < 1.29 is 19.1 Å². The normalized spacial score (nSPS) is 21.6. The molecule has 6 rings (SSSR count). The third kappa shape index (κ3) is 4.09. The molecule has 0 saturated carbocycles. The second kappa shape index (κ2) is 8.55. The number of para-hydroxylation sites is 1. The number of hydrogen-bond acceptors (Lipinski definition) is 6. The summed E-state index contributed by atoms with van der Waals surface area (Å²) in [7, 11) is 0. The Hall–Kier alpha value is -3.98. The van der Waals surface area contributed by atoms with E-state index in [1.165, 1.54) is 6.92 Å². The molecule has 1 atom stereocenters. The molecule has 9 nitrogen and oxygen atoms in total. The second-order valence-corrected chi connectivity index (χ2v) is 10.8. The molecular weight excluding hydrogens is 470 g/mol. The van der Waals surface area contributed by atoms with Crippen LogP contribution < -0.4 is 10.6 Å². The molecule has 0 radical (unpaired) electrons. The number of aromatic amines is 1. The molecule has 1 unspecified atom stereocenters. The molecule has 3 aromatic rings. The van der Waals surface area contributed by atoms with Gasteiger partial charge in [-0.05, 0) is 31.2 Å². The van der Waals surface area contributed by atoms with Crippen LogP contribution in [0.4, 0.5) is 17.2 Å². The molecule has 1 aliphatic carbocycles. The van der Waals surface area contributed by atoms with Gasteiger partial charge >= 0.3 is 0 Å². The minimum absolute atomic E-state index is 0.0228. The van der Waals surface area contributed by atoms with Gasteiger partial charge in [0.25, 0.3) is 0 Å². The number of hydrogen-bond donors (Lipinski definition) is 3. The lowest BCUT2D eigenvalue weighted by Crippen LogP contribution is -2.69. The van der Waals surface area contributed by atoms with Crippen molar-refractivity contribution in [2.24, 2.45) is 10.8 Å². The monoisotopic (exact) mass is 499 g/mol. The number of likely N-dealkylation sites (tertiary alicyclic amines) is 1. The van der Waals surface area contributed by atoms with Gasteiger partial charge in [-0.2, -0.15) is 0 Å². The SMILES string of the molecule is CC(=O)Nc1cc(-c2[nH]c3c(c2Nc2ccccc2)C(=O)CC(C)(C(=O)N2CC4(COC4)C2)C3)ccn1. The fourth-order valence-electron chi connectivity index (χ4n) is 5.74. The van der Waals surface area contributed by atoms with Crippen LogP contribution in [0.5, 0.6) is 0 Å². The number of rotatable bonds is 5. The van der Waals surface area contributed by atoms with Crippen molar-refractivity contribution in [1.29, 1.82) is 0 Å². The summed E-state index contributed by atoms with van der Waals surface area (Å²) in [6, 6.07) is 13.2. The van der Waals surface area contributed by atoms with Gasteiger partial charge in [0.15, 0.2) is 5.78 Å². The first-order valence-corrected chi connectivity index (χ1v) is 12.5. The quantitative estimate of drug-likeness (QED) is 0.492. The number of ether oxygens (including phenoxy) is 1. The molecule has 190 valence electrons. The molecule has 2 fully saturated rings. The van der Waals surface area contributed by atoms with Gasteiger partial charge in [0.1, 0.15) is 5.82 Å². The molecule has 2 aliphatic heterocycles. The molecule has 3 aliphatic rings. The van der Waals surface area contributed by atoms with Crippen LogP contribution >= 0.6 is 0 Å². The highest BCUT2D eigenvalue weighted by atomic mass is 16.5. The van der Waals surface area contributed by atoms with Crippen LogP contribution in [0.25, 0.3) is 11.3 Å². The lowest BCUT2D eigenvalue weighted by molar-refractivity contribution is -0.200. The van der Waals surface area contributed by atoms with Crippen molar-refractivity contribution in [2.75, 3.05) is 36.9 Å². The summed E-state index contributed by atoms with van der Waals surface area (Å²) >= 11 is 0. The number of aromatic nitrogens is 2. The van der Waals surface area contributed by atoms with Crippen LogP contribution in [-0.4, -0.2) is 58.8 Å². The molecule has 9 heteroatoms. The van der Waals surface area contributed by atoms with E-state index in [1.807, 2.05) is 48.2 Å². The number of amides is 2. The molecule has 2 aromatic heterocycles. The summed E-state index contributed by atoms with van der Waals surface area (Å²) in [5.41, 5.74) is 3.60. The zero-order chi connectivity index (χ0) is 25.8. The smallest absolute Gasteiger partial charge is 0.229 e. The van der Waals surface area contributed by atoms with E-state index in [2.05, 4.69) is 20.6 Å². The van der Waals surface area contributed by atoms with Crippen molar-refractivity contribution in [3.05, 3.63) is 59.9 Å². The molecule has 1 aromatic carbocycles. The Morgan fingerprint density at radius 3 is 2.54 bits per heavy atom. The fourth-order valence-corrected chi connectivity index (χ4v) is 5.74. The zero-order valence-electron chi connectivity index (χ0n) is 20.9. The van der Waals surface area contributed by atoms with Gasteiger partial charge in [-0.1, -0.05) is 18.2 Å². The number of carbonyl (C=O) groups excluding carboxylic acids is 3. The standard InChI is InChI=1S/C28H29N5O4/c1-17(34)30-22-10-18(8-9-29-22)24-25(31-19-6-4-3-5-7-19)23-20(32-24)11-27(2,12-21(23)35)26(36)33-13-28(14-33)15-37-16-28/h3-10,31-32H,11-16H2,1-2H3,(H,29,30,34). The predicted octanol–water partition coefficient (Wildman–Crippen LogP) is 3.77. The van der Waals surface area contributed by atoms with E-state index in [4.69, 9.17) is 4.74 Å². The van der Waals surface area contributed by atoms with Crippen molar-refractivity contribution in [3.63, 3.8) is 0 Å². The fraction of sp³-hybridized carbons (Fsp3) is 0.357.